The number of nitrogens with one attached hydrogen (secondary N) is 1. The highest BCUT2D eigenvalue weighted by molar-refractivity contribution is 5.94. The highest BCUT2D eigenvalue weighted by Crippen LogP contribution is 2.12. The van der Waals surface area contributed by atoms with Gasteiger partial charge in [-0.15, -0.1) is 0 Å². The number of carbonyl (C=O) groups excluding carboxylic acids is 1. The third kappa shape index (κ3) is 2.82. The number of hydrogen-bond donors (Lipinski definition) is 2. The molecular formula is C10H15N3O3. The number of carboxylic acids is 1. The van der Waals surface area contributed by atoms with E-state index in [4.69, 9.17) is 5.11 Å². The van der Waals surface area contributed by atoms with E-state index in [0.717, 1.165) is 10.6 Å². The Kier molecular flexibility index (Phi) is 3.65. The van der Waals surface area contributed by atoms with Crippen LogP contribution in [0.5, 0.6) is 0 Å². The molecule has 1 rings (SSSR count). The number of hydrogen-bond acceptors (Lipinski definition) is 3. The van der Waals surface area contributed by atoms with E-state index in [-0.39, 0.29) is 18.2 Å². The molecule has 1 amide bonds. The topological polar surface area (TPSA) is 86.3 Å². The van der Waals surface area contributed by atoms with E-state index in [0.29, 0.717) is 0 Å². The van der Waals surface area contributed by atoms with Crippen LogP contribution in [0.15, 0.2) is 6.07 Å². The summed E-state index contributed by atoms with van der Waals surface area (Å²) >= 11 is 0. The largest absolute Gasteiger partial charge is 0.480 e. The molecule has 6 heteroatoms. The molecule has 1 aromatic heterocycles. The highest BCUT2D eigenvalue weighted by Gasteiger charge is 2.17. The second kappa shape index (κ2) is 4.78. The van der Waals surface area contributed by atoms with Crippen molar-refractivity contribution in [2.24, 2.45) is 0 Å². The van der Waals surface area contributed by atoms with Gasteiger partial charge in [-0.3, -0.25) is 14.7 Å². The van der Waals surface area contributed by atoms with Crippen molar-refractivity contribution in [2.45, 2.75) is 19.8 Å². The average Bonchev–Trinajstić information content (AvgIpc) is 2.64. The Bertz CT molecular complexity index is 398. The van der Waals surface area contributed by atoms with Gasteiger partial charge in [-0.2, -0.15) is 5.10 Å². The normalized spacial score (nSPS) is 10.5. The Balaban J connectivity index is 2.76. The first-order valence-electron chi connectivity index (χ1n) is 4.94. The zero-order chi connectivity index (χ0) is 12.3. The smallest absolute Gasteiger partial charge is 0.323 e. The number of likely N-dealkylation sites (N-methyl/N-ethyl adjacent to an activating group) is 1. The van der Waals surface area contributed by atoms with Gasteiger partial charge >= 0.3 is 5.97 Å². The first-order chi connectivity index (χ1) is 7.41. The lowest BCUT2D eigenvalue weighted by Gasteiger charge is -2.11. The third-order valence-corrected chi connectivity index (χ3v) is 2.16. The highest BCUT2D eigenvalue weighted by atomic mass is 16.4. The molecule has 1 aromatic rings. The first-order valence-corrected chi connectivity index (χ1v) is 4.94. The molecule has 0 atom stereocenters. The molecule has 0 fully saturated rings. The zero-order valence-corrected chi connectivity index (χ0v) is 9.52. The lowest BCUT2D eigenvalue weighted by atomic mass is 10.1. The maximum absolute atomic E-state index is 11.7. The fraction of sp³-hybridized carbons (Fsp3) is 0.500. The number of amides is 1. The van der Waals surface area contributed by atoms with Crippen LogP contribution in [0, 0.1) is 0 Å². The summed E-state index contributed by atoms with van der Waals surface area (Å²) in [6, 6.07) is 1.64. The summed E-state index contributed by atoms with van der Waals surface area (Å²) in [6.07, 6.45) is 0. The molecular weight excluding hydrogens is 210 g/mol. The minimum Gasteiger partial charge on any atom is -0.480 e. The molecule has 0 bridgehead atoms. The molecule has 0 aliphatic carbocycles. The molecule has 16 heavy (non-hydrogen) atoms. The summed E-state index contributed by atoms with van der Waals surface area (Å²) in [6.45, 7) is 3.62. The monoisotopic (exact) mass is 225 g/mol. The van der Waals surface area contributed by atoms with Gasteiger partial charge < -0.3 is 10.0 Å². The van der Waals surface area contributed by atoms with Crippen LogP contribution in [0.3, 0.4) is 0 Å². The van der Waals surface area contributed by atoms with Crippen molar-refractivity contribution in [1.29, 1.82) is 0 Å². The molecule has 0 aromatic carbocycles. The molecule has 0 saturated carbocycles. The van der Waals surface area contributed by atoms with Crippen molar-refractivity contribution in [2.75, 3.05) is 13.6 Å². The molecule has 0 aliphatic heterocycles. The molecule has 0 radical (unpaired) electrons. The second-order valence-electron chi connectivity index (χ2n) is 3.92. The number of aromatic nitrogens is 2. The van der Waals surface area contributed by atoms with E-state index in [1.54, 1.807) is 6.07 Å². The van der Waals surface area contributed by atoms with E-state index in [2.05, 4.69) is 10.2 Å². The Hall–Kier alpha value is -1.85. The molecule has 0 aliphatic rings. The minimum absolute atomic E-state index is 0.243. The Morgan fingerprint density at radius 1 is 1.56 bits per heavy atom. The molecule has 88 valence electrons. The molecule has 6 nitrogen and oxygen atoms in total. The number of carboxylic acid groups (broad SMARTS) is 1. The van der Waals surface area contributed by atoms with Crippen LogP contribution in [0.1, 0.15) is 35.9 Å². The van der Waals surface area contributed by atoms with Crippen molar-refractivity contribution in [3.05, 3.63) is 17.5 Å². The van der Waals surface area contributed by atoms with Crippen molar-refractivity contribution in [3.8, 4) is 0 Å². The summed E-state index contributed by atoms with van der Waals surface area (Å²) in [5.41, 5.74) is 1.10. The number of aliphatic carboxylic acids is 1. The van der Waals surface area contributed by atoms with Crippen LogP contribution in [-0.4, -0.2) is 45.7 Å². The molecule has 0 saturated heterocycles. The fourth-order valence-corrected chi connectivity index (χ4v) is 1.21. The van der Waals surface area contributed by atoms with Crippen LogP contribution < -0.4 is 0 Å². The summed E-state index contributed by atoms with van der Waals surface area (Å²) in [5.74, 6) is -1.19. The molecule has 2 N–H and O–H groups in total. The predicted octanol–water partition coefficient (Wildman–Crippen LogP) is 0.690. The van der Waals surface area contributed by atoms with Gasteiger partial charge in [0.2, 0.25) is 0 Å². The van der Waals surface area contributed by atoms with Gasteiger partial charge in [0.1, 0.15) is 12.2 Å². The lowest BCUT2D eigenvalue weighted by Crippen LogP contribution is -2.32. The number of nitrogens with zero attached hydrogens (tertiary/aromatic N) is 2. The first kappa shape index (κ1) is 12.2. The van der Waals surface area contributed by atoms with E-state index < -0.39 is 11.9 Å². The number of H-pyrrole nitrogens is 1. The van der Waals surface area contributed by atoms with Gasteiger partial charge in [-0.05, 0) is 12.0 Å². The van der Waals surface area contributed by atoms with Gasteiger partial charge in [0.25, 0.3) is 5.91 Å². The quantitative estimate of drug-likeness (QED) is 0.789. The van der Waals surface area contributed by atoms with Crippen molar-refractivity contribution in [3.63, 3.8) is 0 Å². The van der Waals surface area contributed by atoms with Crippen LogP contribution in [0.4, 0.5) is 0 Å². The molecule has 1 heterocycles. The van der Waals surface area contributed by atoms with Gasteiger partial charge in [-0.25, -0.2) is 0 Å². The summed E-state index contributed by atoms with van der Waals surface area (Å²) in [4.78, 5) is 23.2. The summed E-state index contributed by atoms with van der Waals surface area (Å²) in [5, 5.41) is 15.2. The number of aromatic amines is 1. The van der Waals surface area contributed by atoms with E-state index in [9.17, 15) is 9.59 Å². The SMILES string of the molecule is CC(C)c1cc(C(=O)N(C)CC(=O)O)n[nH]1. The van der Waals surface area contributed by atoms with Gasteiger partial charge in [0.15, 0.2) is 0 Å². The zero-order valence-electron chi connectivity index (χ0n) is 9.52. The molecule has 0 unspecified atom stereocenters. The van der Waals surface area contributed by atoms with Gasteiger partial charge in [-0.1, -0.05) is 13.8 Å². The third-order valence-electron chi connectivity index (χ3n) is 2.16. The predicted molar refractivity (Wildman–Crippen MR) is 57.3 cm³/mol. The second-order valence-corrected chi connectivity index (χ2v) is 3.92. The summed E-state index contributed by atoms with van der Waals surface area (Å²) in [7, 11) is 1.43. The Morgan fingerprint density at radius 2 is 2.19 bits per heavy atom. The minimum atomic E-state index is -1.05. The lowest BCUT2D eigenvalue weighted by molar-refractivity contribution is -0.137. The maximum Gasteiger partial charge on any atom is 0.323 e. The van der Waals surface area contributed by atoms with E-state index in [1.807, 2.05) is 13.8 Å². The maximum atomic E-state index is 11.7. The van der Waals surface area contributed by atoms with Crippen LogP contribution in [0.2, 0.25) is 0 Å². The van der Waals surface area contributed by atoms with E-state index in [1.165, 1.54) is 7.05 Å². The van der Waals surface area contributed by atoms with Crippen LogP contribution >= 0.6 is 0 Å². The number of carbonyl (C=O) groups is 2. The van der Waals surface area contributed by atoms with Crippen molar-refractivity contribution < 1.29 is 14.7 Å². The fourth-order valence-electron chi connectivity index (χ4n) is 1.21. The van der Waals surface area contributed by atoms with E-state index >= 15 is 0 Å². The molecule has 0 spiro atoms. The van der Waals surface area contributed by atoms with Crippen molar-refractivity contribution >= 4 is 11.9 Å². The van der Waals surface area contributed by atoms with Gasteiger partial charge in [0.05, 0.1) is 0 Å². The number of rotatable bonds is 4. The van der Waals surface area contributed by atoms with Crippen LogP contribution in [-0.2, 0) is 4.79 Å². The standard InChI is InChI=1S/C10H15N3O3/c1-6(2)7-4-8(12-11-7)10(16)13(3)5-9(14)15/h4,6H,5H2,1-3H3,(H,11,12)(H,14,15). The van der Waals surface area contributed by atoms with Gasteiger partial charge in [0, 0.05) is 12.7 Å². The average molecular weight is 225 g/mol. The van der Waals surface area contributed by atoms with Crippen molar-refractivity contribution in [1.82, 2.24) is 15.1 Å². The van der Waals surface area contributed by atoms with Crippen LogP contribution in [0.25, 0.3) is 0 Å². The summed E-state index contributed by atoms with van der Waals surface area (Å²) < 4.78 is 0. The Labute approximate surface area is 93.3 Å². The Morgan fingerprint density at radius 3 is 2.62 bits per heavy atom.